The second-order valence-corrected chi connectivity index (χ2v) is 8.42. The molecule has 5 N–H and O–H groups in total. The third-order valence-electron chi connectivity index (χ3n) is 5.67. The fourth-order valence-electron chi connectivity index (χ4n) is 3.21. The predicted octanol–water partition coefficient (Wildman–Crippen LogP) is 3.02. The summed E-state index contributed by atoms with van der Waals surface area (Å²) < 4.78 is 12.3. The Hall–Kier alpha value is -2.51. The maximum atomic E-state index is 12.6. The molecule has 1 heterocycles. The molecule has 0 bridgehead atoms. The van der Waals surface area contributed by atoms with E-state index in [2.05, 4.69) is 5.32 Å². The van der Waals surface area contributed by atoms with E-state index in [1.807, 2.05) is 53.7 Å². The van der Waals surface area contributed by atoms with Crippen molar-refractivity contribution in [3.63, 3.8) is 0 Å². The molecule has 1 amide bonds. The van der Waals surface area contributed by atoms with Gasteiger partial charge in [-0.25, -0.2) is 0 Å². The van der Waals surface area contributed by atoms with Crippen LogP contribution in [0.4, 0.5) is 17.1 Å². The van der Waals surface area contributed by atoms with Crippen molar-refractivity contribution in [1.82, 2.24) is 0 Å². The Kier molecular flexibility index (Phi) is 4.94. The lowest BCUT2D eigenvalue weighted by Gasteiger charge is -2.32. The van der Waals surface area contributed by atoms with Crippen molar-refractivity contribution in [2.75, 3.05) is 16.8 Å². The first-order valence-electron chi connectivity index (χ1n) is 9.34. The molecule has 28 heavy (non-hydrogen) atoms. The Bertz CT molecular complexity index is 901. The van der Waals surface area contributed by atoms with Crippen LogP contribution in [0, 0.1) is 13.8 Å². The topological polar surface area (TPSA) is 99.6 Å². The van der Waals surface area contributed by atoms with Gasteiger partial charge < -0.3 is 26.1 Å². The van der Waals surface area contributed by atoms with Gasteiger partial charge in [-0.05, 0) is 76.3 Å². The quantitative estimate of drug-likeness (QED) is 0.561. The van der Waals surface area contributed by atoms with Gasteiger partial charge in [-0.3, -0.25) is 4.79 Å². The number of anilines is 3. The number of nitrogens with two attached hydrogens (primary N) is 2. The highest BCUT2D eigenvalue weighted by molar-refractivity contribution is 6.62. The Balaban J connectivity index is 1.85. The van der Waals surface area contributed by atoms with Gasteiger partial charge in [0.2, 0.25) is 0 Å². The first-order chi connectivity index (χ1) is 12.9. The highest BCUT2D eigenvalue weighted by Crippen LogP contribution is 2.36. The highest BCUT2D eigenvalue weighted by atomic mass is 16.7. The maximum Gasteiger partial charge on any atom is 0.494 e. The number of rotatable bonds is 3. The number of nitrogen functional groups attached to an aromatic ring is 2. The van der Waals surface area contributed by atoms with Gasteiger partial charge >= 0.3 is 7.12 Å². The molecule has 2 aromatic rings. The molecule has 1 aliphatic heterocycles. The smallest absolute Gasteiger partial charge is 0.399 e. The zero-order chi connectivity index (χ0) is 20.9. The SMILES string of the molecule is Cc1cc(B2OC(C)(C)C(C)(C)O2)cc(C)c1NC(=O)c1ccc(N)c(N)c1. The van der Waals surface area contributed by atoms with Crippen LogP contribution < -0.4 is 22.2 Å². The number of carbonyl (C=O) groups excluding carboxylic acids is 1. The zero-order valence-electron chi connectivity index (χ0n) is 17.3. The van der Waals surface area contributed by atoms with E-state index in [0.29, 0.717) is 16.9 Å². The van der Waals surface area contributed by atoms with Crippen LogP contribution in [0.3, 0.4) is 0 Å². The molecule has 3 rings (SSSR count). The molecule has 1 aliphatic rings. The number of carbonyl (C=O) groups is 1. The lowest BCUT2D eigenvalue weighted by molar-refractivity contribution is 0.00578. The highest BCUT2D eigenvalue weighted by Gasteiger charge is 2.51. The van der Waals surface area contributed by atoms with E-state index in [9.17, 15) is 4.79 Å². The summed E-state index contributed by atoms with van der Waals surface area (Å²) in [4.78, 5) is 12.6. The van der Waals surface area contributed by atoms with Crippen molar-refractivity contribution >= 4 is 35.6 Å². The first-order valence-corrected chi connectivity index (χ1v) is 9.34. The molecule has 0 unspecified atom stereocenters. The Morgan fingerprint density at radius 1 is 0.929 bits per heavy atom. The molecular formula is C21H28BN3O3. The van der Waals surface area contributed by atoms with Crippen LogP contribution in [-0.4, -0.2) is 24.2 Å². The van der Waals surface area contributed by atoms with Crippen molar-refractivity contribution in [2.24, 2.45) is 0 Å². The molecule has 148 valence electrons. The number of amides is 1. The fraction of sp³-hybridized carbons (Fsp3) is 0.381. The van der Waals surface area contributed by atoms with Gasteiger partial charge in [-0.15, -0.1) is 0 Å². The summed E-state index contributed by atoms with van der Waals surface area (Å²) >= 11 is 0. The van der Waals surface area contributed by atoms with E-state index in [0.717, 1.165) is 22.3 Å². The Morgan fingerprint density at radius 2 is 1.46 bits per heavy atom. The maximum absolute atomic E-state index is 12.6. The van der Waals surface area contributed by atoms with Crippen LogP contribution in [0.5, 0.6) is 0 Å². The zero-order valence-corrected chi connectivity index (χ0v) is 17.3. The monoisotopic (exact) mass is 381 g/mol. The van der Waals surface area contributed by atoms with Crippen LogP contribution in [0.25, 0.3) is 0 Å². The summed E-state index contributed by atoms with van der Waals surface area (Å²) in [5.74, 6) is -0.235. The van der Waals surface area contributed by atoms with Crippen LogP contribution >= 0.6 is 0 Å². The van der Waals surface area contributed by atoms with E-state index in [4.69, 9.17) is 20.8 Å². The van der Waals surface area contributed by atoms with Gasteiger partial charge in [0.1, 0.15) is 0 Å². The summed E-state index contributed by atoms with van der Waals surface area (Å²) in [5.41, 5.74) is 15.6. The van der Waals surface area contributed by atoms with Crippen LogP contribution in [-0.2, 0) is 9.31 Å². The molecule has 0 aliphatic carbocycles. The molecule has 6 nitrogen and oxygen atoms in total. The second-order valence-electron chi connectivity index (χ2n) is 8.42. The van der Waals surface area contributed by atoms with Gasteiger partial charge in [0.05, 0.1) is 22.6 Å². The van der Waals surface area contributed by atoms with Crippen molar-refractivity contribution in [2.45, 2.75) is 52.7 Å². The van der Waals surface area contributed by atoms with Gasteiger partial charge in [0, 0.05) is 11.3 Å². The molecule has 0 radical (unpaired) electrons. The summed E-state index contributed by atoms with van der Waals surface area (Å²) in [6.07, 6.45) is 0. The van der Waals surface area contributed by atoms with Gasteiger partial charge in [-0.1, -0.05) is 12.1 Å². The lowest BCUT2D eigenvalue weighted by atomic mass is 9.77. The van der Waals surface area contributed by atoms with Crippen molar-refractivity contribution < 1.29 is 14.1 Å². The molecule has 1 fully saturated rings. The van der Waals surface area contributed by atoms with E-state index < -0.39 is 18.3 Å². The van der Waals surface area contributed by atoms with E-state index in [1.165, 1.54) is 0 Å². The van der Waals surface area contributed by atoms with E-state index >= 15 is 0 Å². The molecule has 0 saturated carbocycles. The fourth-order valence-corrected chi connectivity index (χ4v) is 3.21. The summed E-state index contributed by atoms with van der Waals surface area (Å²) in [6, 6.07) is 8.84. The Morgan fingerprint density at radius 3 is 1.96 bits per heavy atom. The van der Waals surface area contributed by atoms with Gasteiger partial charge in [-0.2, -0.15) is 0 Å². The standard InChI is InChI=1S/C21H28BN3O3/c1-12-9-15(22-27-20(3,4)21(5,6)28-22)10-13(2)18(12)25-19(26)14-7-8-16(23)17(24)11-14/h7-11H,23-24H2,1-6H3,(H,25,26). The number of hydrogen-bond acceptors (Lipinski definition) is 5. The van der Waals surface area contributed by atoms with E-state index in [-0.39, 0.29) is 5.91 Å². The van der Waals surface area contributed by atoms with Gasteiger partial charge in [0.25, 0.3) is 5.91 Å². The second kappa shape index (κ2) is 6.83. The minimum atomic E-state index is -0.441. The van der Waals surface area contributed by atoms with Crippen molar-refractivity contribution in [3.05, 3.63) is 47.0 Å². The van der Waals surface area contributed by atoms with Gasteiger partial charge in [0.15, 0.2) is 0 Å². The number of aryl methyl sites for hydroxylation is 2. The van der Waals surface area contributed by atoms with Crippen molar-refractivity contribution in [3.8, 4) is 0 Å². The molecule has 2 aromatic carbocycles. The summed E-state index contributed by atoms with van der Waals surface area (Å²) in [6.45, 7) is 12.0. The molecule has 1 saturated heterocycles. The van der Waals surface area contributed by atoms with E-state index in [1.54, 1.807) is 18.2 Å². The predicted molar refractivity (Wildman–Crippen MR) is 115 cm³/mol. The summed E-state index contributed by atoms with van der Waals surface area (Å²) in [5, 5.41) is 2.97. The molecule has 0 spiro atoms. The number of benzene rings is 2. The third-order valence-corrected chi connectivity index (χ3v) is 5.67. The van der Waals surface area contributed by atoms with Crippen LogP contribution in [0.2, 0.25) is 0 Å². The minimum Gasteiger partial charge on any atom is -0.399 e. The molecular weight excluding hydrogens is 353 g/mol. The minimum absolute atomic E-state index is 0.235. The normalized spacial score (nSPS) is 17.6. The van der Waals surface area contributed by atoms with Crippen LogP contribution in [0.15, 0.2) is 30.3 Å². The third kappa shape index (κ3) is 3.60. The largest absolute Gasteiger partial charge is 0.494 e. The number of hydrogen-bond donors (Lipinski definition) is 3. The molecule has 0 aromatic heterocycles. The number of nitrogens with one attached hydrogen (secondary N) is 1. The molecule has 0 atom stereocenters. The summed E-state index contributed by atoms with van der Waals surface area (Å²) in [7, 11) is -0.441. The first kappa shape index (κ1) is 20.2. The Labute approximate surface area is 166 Å². The van der Waals surface area contributed by atoms with Crippen LogP contribution in [0.1, 0.15) is 49.2 Å². The average Bonchev–Trinajstić information content (AvgIpc) is 2.81. The lowest BCUT2D eigenvalue weighted by Crippen LogP contribution is -2.41. The molecule has 7 heteroatoms. The average molecular weight is 381 g/mol. The van der Waals surface area contributed by atoms with Crippen molar-refractivity contribution in [1.29, 1.82) is 0 Å².